The lowest BCUT2D eigenvalue weighted by Gasteiger charge is -2.06. The van der Waals surface area contributed by atoms with Gasteiger partial charge in [0.2, 0.25) is 0 Å². The van der Waals surface area contributed by atoms with E-state index in [-0.39, 0.29) is 24.0 Å². The standard InChI is InChI=1S/C21H20N2O4S2/c1-3-27-21(26)16-13(2)17(19(25)22-12-14-8-5-4-6-9-14)29-20(16)23-18(24)15-10-7-11-28-15/h4-11H,3,12H2,1-2H3,(H,22,25)(H,23,24). The van der Waals surface area contributed by atoms with Gasteiger partial charge < -0.3 is 15.4 Å². The summed E-state index contributed by atoms with van der Waals surface area (Å²) in [6.07, 6.45) is 0. The number of benzene rings is 1. The molecule has 29 heavy (non-hydrogen) atoms. The van der Waals surface area contributed by atoms with Gasteiger partial charge in [0, 0.05) is 6.54 Å². The summed E-state index contributed by atoms with van der Waals surface area (Å²) in [4.78, 5) is 38.6. The van der Waals surface area contributed by atoms with Crippen LogP contribution < -0.4 is 10.6 Å². The molecule has 0 atom stereocenters. The minimum Gasteiger partial charge on any atom is -0.462 e. The fourth-order valence-electron chi connectivity index (χ4n) is 2.70. The van der Waals surface area contributed by atoms with Gasteiger partial charge in [-0.1, -0.05) is 36.4 Å². The highest BCUT2D eigenvalue weighted by Gasteiger charge is 2.27. The zero-order valence-electron chi connectivity index (χ0n) is 16.0. The number of anilines is 1. The monoisotopic (exact) mass is 428 g/mol. The van der Waals surface area contributed by atoms with Gasteiger partial charge in [0.15, 0.2) is 0 Å². The maximum atomic E-state index is 12.7. The molecule has 3 aromatic rings. The molecule has 3 rings (SSSR count). The van der Waals surface area contributed by atoms with Gasteiger partial charge in [-0.2, -0.15) is 0 Å². The van der Waals surface area contributed by atoms with Gasteiger partial charge in [-0.15, -0.1) is 22.7 Å². The van der Waals surface area contributed by atoms with Crippen molar-refractivity contribution in [2.45, 2.75) is 20.4 Å². The Kier molecular flexibility index (Phi) is 6.79. The molecular weight excluding hydrogens is 408 g/mol. The molecule has 0 bridgehead atoms. The van der Waals surface area contributed by atoms with E-state index in [1.807, 2.05) is 30.3 Å². The number of hydrogen-bond acceptors (Lipinski definition) is 6. The van der Waals surface area contributed by atoms with Gasteiger partial charge in [-0.05, 0) is 36.4 Å². The van der Waals surface area contributed by atoms with Crippen LogP contribution in [0.1, 0.15) is 47.8 Å². The number of esters is 1. The third-order valence-corrected chi connectivity index (χ3v) is 6.18. The van der Waals surface area contributed by atoms with Gasteiger partial charge in [0.1, 0.15) is 5.00 Å². The minimum absolute atomic E-state index is 0.196. The summed E-state index contributed by atoms with van der Waals surface area (Å²) in [7, 11) is 0. The molecule has 150 valence electrons. The fourth-order valence-corrected chi connectivity index (χ4v) is 4.42. The molecule has 2 aromatic heterocycles. The molecule has 0 aliphatic carbocycles. The molecule has 0 saturated carbocycles. The predicted octanol–water partition coefficient (Wildman–Crippen LogP) is 4.48. The molecule has 0 radical (unpaired) electrons. The van der Waals surface area contributed by atoms with Crippen molar-refractivity contribution in [3.8, 4) is 0 Å². The Bertz CT molecular complexity index is 1010. The van der Waals surface area contributed by atoms with E-state index >= 15 is 0 Å². The smallest absolute Gasteiger partial charge is 0.341 e. The SMILES string of the molecule is CCOC(=O)c1c(NC(=O)c2cccs2)sc(C(=O)NCc2ccccc2)c1C. The van der Waals surface area contributed by atoms with Crippen molar-refractivity contribution in [1.82, 2.24) is 5.32 Å². The molecule has 1 aromatic carbocycles. The van der Waals surface area contributed by atoms with Crippen molar-refractivity contribution in [1.29, 1.82) is 0 Å². The van der Waals surface area contributed by atoms with Crippen LogP contribution in [0, 0.1) is 6.92 Å². The average Bonchev–Trinajstić information content (AvgIpc) is 3.35. The van der Waals surface area contributed by atoms with E-state index in [0.717, 1.165) is 16.9 Å². The van der Waals surface area contributed by atoms with Crippen LogP contribution in [0.3, 0.4) is 0 Å². The second-order valence-electron chi connectivity index (χ2n) is 6.08. The lowest BCUT2D eigenvalue weighted by atomic mass is 10.1. The number of carbonyl (C=O) groups excluding carboxylic acids is 3. The Balaban J connectivity index is 1.86. The molecule has 0 aliphatic rings. The summed E-state index contributed by atoms with van der Waals surface area (Å²) in [5, 5.41) is 7.71. The van der Waals surface area contributed by atoms with E-state index in [9.17, 15) is 14.4 Å². The number of amides is 2. The molecule has 0 fully saturated rings. The maximum absolute atomic E-state index is 12.7. The van der Waals surface area contributed by atoms with Crippen molar-refractivity contribution < 1.29 is 19.1 Å². The van der Waals surface area contributed by atoms with Gasteiger partial charge in [0.05, 0.1) is 21.9 Å². The first-order valence-electron chi connectivity index (χ1n) is 8.98. The van der Waals surface area contributed by atoms with Crippen LogP contribution in [0.2, 0.25) is 0 Å². The predicted molar refractivity (Wildman–Crippen MR) is 115 cm³/mol. The van der Waals surface area contributed by atoms with Crippen LogP contribution in [0.4, 0.5) is 5.00 Å². The molecule has 2 amide bonds. The number of ether oxygens (including phenoxy) is 1. The lowest BCUT2D eigenvalue weighted by Crippen LogP contribution is -2.22. The van der Waals surface area contributed by atoms with Crippen LogP contribution in [0.25, 0.3) is 0 Å². The Hall–Kier alpha value is -2.97. The molecule has 0 aliphatic heterocycles. The van der Waals surface area contributed by atoms with Gasteiger partial charge >= 0.3 is 5.97 Å². The Labute approximate surface area is 176 Å². The maximum Gasteiger partial charge on any atom is 0.341 e. The van der Waals surface area contributed by atoms with E-state index in [2.05, 4.69) is 10.6 Å². The molecule has 0 spiro atoms. The summed E-state index contributed by atoms with van der Waals surface area (Å²) in [5.74, 6) is -1.20. The second-order valence-corrected chi connectivity index (χ2v) is 8.05. The lowest BCUT2D eigenvalue weighted by molar-refractivity contribution is 0.0527. The minimum atomic E-state index is -0.565. The largest absolute Gasteiger partial charge is 0.462 e. The van der Waals surface area contributed by atoms with Crippen LogP contribution in [-0.4, -0.2) is 24.4 Å². The van der Waals surface area contributed by atoms with Gasteiger partial charge in [0.25, 0.3) is 11.8 Å². The van der Waals surface area contributed by atoms with Gasteiger partial charge in [-0.3, -0.25) is 9.59 Å². The first kappa shape index (κ1) is 20.8. The Morgan fingerprint density at radius 3 is 2.45 bits per heavy atom. The summed E-state index contributed by atoms with van der Waals surface area (Å²) in [6, 6.07) is 13.0. The van der Waals surface area contributed by atoms with E-state index in [0.29, 0.717) is 26.9 Å². The van der Waals surface area contributed by atoms with Crippen molar-refractivity contribution in [3.63, 3.8) is 0 Å². The summed E-state index contributed by atoms with van der Waals surface area (Å²) in [6.45, 7) is 3.95. The normalized spacial score (nSPS) is 10.4. The molecule has 2 heterocycles. The van der Waals surface area contributed by atoms with E-state index in [1.165, 1.54) is 11.3 Å². The number of hydrogen-bond donors (Lipinski definition) is 2. The number of rotatable bonds is 7. The average molecular weight is 429 g/mol. The summed E-state index contributed by atoms with van der Waals surface area (Å²) in [5.41, 5.74) is 1.67. The number of carbonyl (C=O) groups is 3. The highest BCUT2D eigenvalue weighted by Crippen LogP contribution is 2.34. The zero-order valence-corrected chi connectivity index (χ0v) is 17.6. The Morgan fingerprint density at radius 2 is 1.79 bits per heavy atom. The summed E-state index contributed by atoms with van der Waals surface area (Å²) >= 11 is 2.36. The van der Waals surface area contributed by atoms with Crippen molar-refractivity contribution >= 4 is 45.5 Å². The molecule has 8 heteroatoms. The Morgan fingerprint density at radius 1 is 1.03 bits per heavy atom. The fraction of sp³-hybridized carbons (Fsp3) is 0.190. The zero-order chi connectivity index (χ0) is 20.8. The van der Waals surface area contributed by atoms with Crippen LogP contribution in [0.15, 0.2) is 47.8 Å². The van der Waals surface area contributed by atoms with E-state index in [4.69, 9.17) is 4.74 Å². The molecule has 0 unspecified atom stereocenters. The highest BCUT2D eigenvalue weighted by atomic mass is 32.1. The van der Waals surface area contributed by atoms with E-state index in [1.54, 1.807) is 31.4 Å². The topological polar surface area (TPSA) is 84.5 Å². The quantitative estimate of drug-likeness (QED) is 0.544. The second kappa shape index (κ2) is 9.49. The first-order valence-corrected chi connectivity index (χ1v) is 10.7. The van der Waals surface area contributed by atoms with Crippen LogP contribution >= 0.6 is 22.7 Å². The molecular formula is C21H20N2O4S2. The number of nitrogens with one attached hydrogen (secondary N) is 2. The molecule has 6 nitrogen and oxygen atoms in total. The van der Waals surface area contributed by atoms with Gasteiger partial charge in [-0.25, -0.2) is 4.79 Å². The number of thiophene rings is 2. The third kappa shape index (κ3) is 4.90. The first-order chi connectivity index (χ1) is 14.0. The van der Waals surface area contributed by atoms with Crippen molar-refractivity contribution in [2.24, 2.45) is 0 Å². The summed E-state index contributed by atoms with van der Waals surface area (Å²) < 4.78 is 5.13. The third-order valence-electron chi connectivity index (χ3n) is 4.10. The van der Waals surface area contributed by atoms with Crippen LogP contribution in [0.5, 0.6) is 0 Å². The van der Waals surface area contributed by atoms with Crippen LogP contribution in [-0.2, 0) is 11.3 Å². The van der Waals surface area contributed by atoms with Crippen molar-refractivity contribution in [2.75, 3.05) is 11.9 Å². The van der Waals surface area contributed by atoms with Crippen molar-refractivity contribution in [3.05, 3.63) is 74.3 Å². The molecule has 0 saturated heterocycles. The van der Waals surface area contributed by atoms with E-state index < -0.39 is 5.97 Å². The highest BCUT2D eigenvalue weighted by molar-refractivity contribution is 7.19. The molecule has 2 N–H and O–H groups in total.